The molecule has 0 saturated carbocycles. The van der Waals surface area contributed by atoms with Crippen molar-refractivity contribution in [3.63, 3.8) is 0 Å². The Morgan fingerprint density at radius 2 is 1.94 bits per heavy atom. The number of benzene rings is 1. The van der Waals surface area contributed by atoms with Crippen molar-refractivity contribution in [2.75, 3.05) is 11.9 Å². The maximum atomic E-state index is 11.9. The lowest BCUT2D eigenvalue weighted by atomic mass is 10.2. The zero-order chi connectivity index (χ0) is 12.8. The van der Waals surface area contributed by atoms with Crippen molar-refractivity contribution in [2.24, 2.45) is 0 Å². The molecular formula is C13H13F2NOS. The van der Waals surface area contributed by atoms with E-state index in [0.717, 1.165) is 18.7 Å². The van der Waals surface area contributed by atoms with Gasteiger partial charge in [0, 0.05) is 12.2 Å². The van der Waals surface area contributed by atoms with Gasteiger partial charge in [-0.2, -0.15) is 20.1 Å². The Bertz CT molecular complexity index is 456. The Morgan fingerprint density at radius 1 is 1.17 bits per heavy atom. The molecule has 0 bridgehead atoms. The Hall–Kier alpha value is -1.62. The molecule has 2 nitrogen and oxygen atoms in total. The number of nitrogens with one attached hydrogen (secondary N) is 1. The third-order valence-corrected chi connectivity index (χ3v) is 3.13. The van der Waals surface area contributed by atoms with Gasteiger partial charge in [-0.3, -0.25) is 0 Å². The minimum Gasteiger partial charge on any atom is -0.435 e. The SMILES string of the molecule is FC(F)Oc1ccc(NCCc2ccsc2)cc1. The number of hydrogen-bond donors (Lipinski definition) is 1. The molecule has 0 aliphatic carbocycles. The lowest BCUT2D eigenvalue weighted by Crippen LogP contribution is -2.05. The van der Waals surface area contributed by atoms with Gasteiger partial charge in [-0.05, 0) is 53.1 Å². The summed E-state index contributed by atoms with van der Waals surface area (Å²) in [5.41, 5.74) is 2.19. The number of ether oxygens (including phenoxy) is 1. The molecule has 0 aliphatic heterocycles. The van der Waals surface area contributed by atoms with Crippen LogP contribution < -0.4 is 10.1 Å². The summed E-state index contributed by atoms with van der Waals surface area (Å²) in [6.07, 6.45) is 0.943. The van der Waals surface area contributed by atoms with Gasteiger partial charge in [-0.25, -0.2) is 0 Å². The zero-order valence-corrected chi connectivity index (χ0v) is 10.4. The van der Waals surface area contributed by atoms with Crippen LogP contribution in [0.4, 0.5) is 14.5 Å². The van der Waals surface area contributed by atoms with Crippen LogP contribution in [0.5, 0.6) is 5.75 Å². The van der Waals surface area contributed by atoms with Crippen LogP contribution in [0.25, 0.3) is 0 Å². The van der Waals surface area contributed by atoms with Gasteiger partial charge in [0.25, 0.3) is 0 Å². The molecule has 1 aromatic carbocycles. The Kier molecular flexibility index (Phi) is 4.52. The van der Waals surface area contributed by atoms with E-state index < -0.39 is 6.61 Å². The van der Waals surface area contributed by atoms with E-state index in [1.165, 1.54) is 17.7 Å². The van der Waals surface area contributed by atoms with E-state index in [1.54, 1.807) is 23.5 Å². The second-order valence-corrected chi connectivity index (χ2v) is 4.49. The molecule has 2 rings (SSSR count). The normalized spacial score (nSPS) is 10.6. The van der Waals surface area contributed by atoms with E-state index in [0.29, 0.717) is 0 Å². The fraction of sp³-hybridized carbons (Fsp3) is 0.231. The number of rotatable bonds is 6. The molecule has 0 saturated heterocycles. The van der Waals surface area contributed by atoms with Crippen LogP contribution in [0.15, 0.2) is 41.1 Å². The Morgan fingerprint density at radius 3 is 2.56 bits per heavy atom. The quantitative estimate of drug-likeness (QED) is 0.855. The van der Waals surface area contributed by atoms with Crippen LogP contribution >= 0.6 is 11.3 Å². The van der Waals surface area contributed by atoms with E-state index in [-0.39, 0.29) is 5.75 Å². The van der Waals surface area contributed by atoms with E-state index in [1.807, 2.05) is 5.38 Å². The van der Waals surface area contributed by atoms with Crippen LogP contribution in [0.1, 0.15) is 5.56 Å². The Labute approximate surface area is 108 Å². The summed E-state index contributed by atoms with van der Waals surface area (Å²) >= 11 is 1.68. The summed E-state index contributed by atoms with van der Waals surface area (Å²) < 4.78 is 28.2. The standard InChI is InChI=1S/C13H13F2NOS/c14-13(15)17-12-3-1-11(2-4-12)16-7-5-10-6-8-18-9-10/h1-4,6,8-9,13,16H,5,7H2. The summed E-state index contributed by atoms with van der Waals surface area (Å²) in [4.78, 5) is 0. The van der Waals surface area contributed by atoms with E-state index in [4.69, 9.17) is 0 Å². The highest BCUT2D eigenvalue weighted by Gasteiger charge is 2.03. The van der Waals surface area contributed by atoms with E-state index in [9.17, 15) is 8.78 Å². The molecule has 0 amide bonds. The van der Waals surface area contributed by atoms with Gasteiger partial charge < -0.3 is 10.1 Å². The minimum absolute atomic E-state index is 0.174. The molecular weight excluding hydrogens is 256 g/mol. The van der Waals surface area contributed by atoms with Gasteiger partial charge in [0.15, 0.2) is 0 Å². The molecule has 1 heterocycles. The molecule has 5 heteroatoms. The lowest BCUT2D eigenvalue weighted by molar-refractivity contribution is -0.0498. The second kappa shape index (κ2) is 6.35. The second-order valence-electron chi connectivity index (χ2n) is 3.71. The molecule has 0 spiro atoms. The van der Waals surface area contributed by atoms with Crippen molar-refractivity contribution in [1.82, 2.24) is 0 Å². The third-order valence-electron chi connectivity index (χ3n) is 2.40. The average molecular weight is 269 g/mol. The van der Waals surface area contributed by atoms with Gasteiger partial charge in [-0.1, -0.05) is 0 Å². The van der Waals surface area contributed by atoms with Gasteiger partial charge in [-0.15, -0.1) is 0 Å². The van der Waals surface area contributed by atoms with Crippen LogP contribution in [0.2, 0.25) is 0 Å². The van der Waals surface area contributed by atoms with Crippen LogP contribution in [-0.2, 0) is 6.42 Å². The number of hydrogen-bond acceptors (Lipinski definition) is 3. The molecule has 0 unspecified atom stereocenters. The molecule has 1 N–H and O–H groups in total. The summed E-state index contributed by atoms with van der Waals surface area (Å²) in [7, 11) is 0. The molecule has 0 radical (unpaired) electrons. The van der Waals surface area contributed by atoms with Crippen molar-refractivity contribution >= 4 is 17.0 Å². The average Bonchev–Trinajstić information content (AvgIpc) is 2.84. The highest BCUT2D eigenvalue weighted by Crippen LogP contribution is 2.17. The summed E-state index contributed by atoms with van der Waals surface area (Å²) in [6, 6.07) is 8.60. The molecule has 0 atom stereocenters. The smallest absolute Gasteiger partial charge is 0.387 e. The van der Waals surface area contributed by atoms with Crippen molar-refractivity contribution in [2.45, 2.75) is 13.0 Å². The largest absolute Gasteiger partial charge is 0.435 e. The van der Waals surface area contributed by atoms with E-state index in [2.05, 4.69) is 21.5 Å². The first kappa shape index (κ1) is 12.8. The molecule has 96 valence electrons. The molecule has 2 aromatic rings. The Balaban J connectivity index is 1.79. The number of alkyl halides is 2. The first-order valence-electron chi connectivity index (χ1n) is 5.54. The summed E-state index contributed by atoms with van der Waals surface area (Å²) in [5.74, 6) is 0.174. The van der Waals surface area contributed by atoms with Gasteiger partial charge in [0.1, 0.15) is 5.75 Å². The third kappa shape index (κ3) is 4.00. The fourth-order valence-corrected chi connectivity index (χ4v) is 2.24. The van der Waals surface area contributed by atoms with Crippen molar-refractivity contribution in [1.29, 1.82) is 0 Å². The molecule has 0 fully saturated rings. The van der Waals surface area contributed by atoms with Crippen molar-refractivity contribution in [3.8, 4) is 5.75 Å². The first-order chi connectivity index (χ1) is 8.74. The predicted molar refractivity (Wildman–Crippen MR) is 69.6 cm³/mol. The number of halogens is 2. The number of thiophene rings is 1. The lowest BCUT2D eigenvalue weighted by Gasteiger charge is -2.07. The van der Waals surface area contributed by atoms with Crippen LogP contribution in [-0.4, -0.2) is 13.2 Å². The number of anilines is 1. The van der Waals surface area contributed by atoms with Crippen LogP contribution in [0, 0.1) is 0 Å². The van der Waals surface area contributed by atoms with E-state index >= 15 is 0 Å². The van der Waals surface area contributed by atoms with Crippen molar-refractivity contribution < 1.29 is 13.5 Å². The van der Waals surface area contributed by atoms with Gasteiger partial charge >= 0.3 is 6.61 Å². The molecule has 0 aliphatic rings. The van der Waals surface area contributed by atoms with Crippen molar-refractivity contribution in [3.05, 3.63) is 46.7 Å². The maximum absolute atomic E-state index is 11.9. The topological polar surface area (TPSA) is 21.3 Å². The van der Waals surface area contributed by atoms with Gasteiger partial charge in [0.2, 0.25) is 0 Å². The predicted octanol–water partition coefficient (Wildman–Crippen LogP) is 4.00. The van der Waals surface area contributed by atoms with Gasteiger partial charge in [0.05, 0.1) is 0 Å². The van der Waals surface area contributed by atoms with Crippen LogP contribution in [0.3, 0.4) is 0 Å². The first-order valence-corrected chi connectivity index (χ1v) is 6.48. The summed E-state index contributed by atoms with van der Waals surface area (Å²) in [6.45, 7) is -1.96. The minimum atomic E-state index is -2.78. The summed E-state index contributed by atoms with van der Waals surface area (Å²) in [5, 5.41) is 7.38. The highest BCUT2D eigenvalue weighted by molar-refractivity contribution is 7.07. The molecule has 18 heavy (non-hydrogen) atoms. The zero-order valence-electron chi connectivity index (χ0n) is 9.61. The fourth-order valence-electron chi connectivity index (χ4n) is 1.54. The molecule has 1 aromatic heterocycles. The highest BCUT2D eigenvalue weighted by atomic mass is 32.1. The maximum Gasteiger partial charge on any atom is 0.387 e. The monoisotopic (exact) mass is 269 g/mol.